The molecule has 2 rings (SSSR count). The van der Waals surface area contributed by atoms with E-state index in [4.69, 9.17) is 5.73 Å². The van der Waals surface area contributed by atoms with Gasteiger partial charge in [-0.05, 0) is 6.07 Å². The van der Waals surface area contributed by atoms with Crippen molar-refractivity contribution >= 4 is 28.1 Å². The Morgan fingerprint density at radius 1 is 1.47 bits per heavy atom. The van der Waals surface area contributed by atoms with E-state index in [1.54, 1.807) is 23.9 Å². The highest BCUT2D eigenvalue weighted by molar-refractivity contribution is 7.14. The number of amides is 1. The Morgan fingerprint density at radius 3 is 2.63 bits per heavy atom. The van der Waals surface area contributed by atoms with Gasteiger partial charge in [0, 0.05) is 24.0 Å². The van der Waals surface area contributed by atoms with Gasteiger partial charge in [0.1, 0.15) is 5.69 Å². The first-order chi connectivity index (χ1) is 8.77. The number of carbonyl (C=O) groups is 1. The van der Waals surface area contributed by atoms with E-state index < -0.39 is 0 Å². The Kier molecular flexibility index (Phi) is 3.36. The summed E-state index contributed by atoms with van der Waals surface area (Å²) in [7, 11) is 1.79. The summed E-state index contributed by atoms with van der Waals surface area (Å²) in [5.41, 5.74) is 7.70. The first kappa shape index (κ1) is 13.6. The highest BCUT2D eigenvalue weighted by Crippen LogP contribution is 2.26. The molecule has 3 N–H and O–H groups in total. The van der Waals surface area contributed by atoms with Gasteiger partial charge in [-0.2, -0.15) is 0 Å². The van der Waals surface area contributed by atoms with E-state index in [0.717, 1.165) is 5.69 Å². The topological polar surface area (TPSA) is 72.9 Å². The molecule has 0 atom stereocenters. The van der Waals surface area contributed by atoms with Crippen molar-refractivity contribution < 1.29 is 4.79 Å². The number of rotatable bonds is 2. The molecule has 0 saturated heterocycles. The van der Waals surface area contributed by atoms with Crippen molar-refractivity contribution in [3.63, 3.8) is 0 Å². The highest BCUT2D eigenvalue weighted by Gasteiger charge is 2.19. The van der Waals surface area contributed by atoms with Gasteiger partial charge in [0.2, 0.25) is 0 Å². The lowest BCUT2D eigenvalue weighted by atomic mass is 9.93. The Hall–Kier alpha value is -1.82. The van der Waals surface area contributed by atoms with Gasteiger partial charge in [-0.1, -0.05) is 20.8 Å². The third-order valence-corrected chi connectivity index (χ3v) is 3.51. The van der Waals surface area contributed by atoms with Crippen molar-refractivity contribution in [2.75, 3.05) is 11.1 Å². The third-order valence-electron chi connectivity index (χ3n) is 2.75. The van der Waals surface area contributed by atoms with Gasteiger partial charge >= 0.3 is 0 Å². The molecule has 0 aliphatic rings. The summed E-state index contributed by atoms with van der Waals surface area (Å²) in [5, 5.41) is 5.37. The van der Waals surface area contributed by atoms with Crippen molar-refractivity contribution in [1.82, 2.24) is 9.55 Å². The van der Waals surface area contributed by atoms with E-state index in [1.165, 1.54) is 11.3 Å². The Bertz CT molecular complexity index is 606. The average Bonchev–Trinajstić information content (AvgIpc) is 2.84. The zero-order valence-electron chi connectivity index (χ0n) is 11.5. The molecule has 1 amide bonds. The fourth-order valence-corrected chi connectivity index (χ4v) is 2.58. The summed E-state index contributed by atoms with van der Waals surface area (Å²) in [4.78, 5) is 16.5. The number of hydrogen-bond acceptors (Lipinski definition) is 4. The molecule has 0 spiro atoms. The number of nitrogens with two attached hydrogens (primary N) is 1. The van der Waals surface area contributed by atoms with Crippen LogP contribution in [0.15, 0.2) is 17.6 Å². The normalized spacial score (nSPS) is 11.6. The first-order valence-corrected chi connectivity index (χ1v) is 6.84. The Morgan fingerprint density at radius 2 is 2.16 bits per heavy atom. The standard InChI is InChI=1S/C13H18N4OS/c1-13(2,3)10-7-19-12(15-10)16-11(18)9-5-8(14)6-17(9)4/h5-7H,14H2,1-4H3,(H,15,16,18). The minimum atomic E-state index is -0.200. The number of carbonyl (C=O) groups excluding carboxylic acids is 1. The molecule has 0 saturated carbocycles. The van der Waals surface area contributed by atoms with Crippen molar-refractivity contribution in [3.05, 3.63) is 29.0 Å². The van der Waals surface area contributed by atoms with Gasteiger partial charge in [-0.25, -0.2) is 4.98 Å². The Labute approximate surface area is 116 Å². The molecule has 0 radical (unpaired) electrons. The molecular weight excluding hydrogens is 260 g/mol. The molecule has 102 valence electrons. The molecule has 5 nitrogen and oxygen atoms in total. The lowest BCUT2D eigenvalue weighted by Gasteiger charge is -2.14. The summed E-state index contributed by atoms with van der Waals surface area (Å²) >= 11 is 1.43. The van der Waals surface area contributed by atoms with Crippen LogP contribution in [-0.2, 0) is 12.5 Å². The smallest absolute Gasteiger partial charge is 0.274 e. The molecule has 6 heteroatoms. The molecule has 0 aliphatic heterocycles. The lowest BCUT2D eigenvalue weighted by molar-refractivity contribution is 0.101. The van der Waals surface area contributed by atoms with Crippen LogP contribution < -0.4 is 11.1 Å². The molecule has 2 aromatic rings. The van der Waals surface area contributed by atoms with Crippen LogP contribution in [0.2, 0.25) is 0 Å². The number of thiazole rings is 1. The zero-order valence-corrected chi connectivity index (χ0v) is 12.3. The highest BCUT2D eigenvalue weighted by atomic mass is 32.1. The predicted molar refractivity (Wildman–Crippen MR) is 78.6 cm³/mol. The molecule has 0 unspecified atom stereocenters. The number of nitrogens with one attached hydrogen (secondary N) is 1. The van der Waals surface area contributed by atoms with Gasteiger partial charge in [0.05, 0.1) is 11.4 Å². The summed E-state index contributed by atoms with van der Waals surface area (Å²) in [6.07, 6.45) is 1.71. The van der Waals surface area contributed by atoms with E-state index in [9.17, 15) is 4.79 Å². The molecular formula is C13H18N4OS. The van der Waals surface area contributed by atoms with Crippen LogP contribution in [0, 0.1) is 0 Å². The van der Waals surface area contributed by atoms with Crippen LogP contribution in [-0.4, -0.2) is 15.5 Å². The zero-order chi connectivity index (χ0) is 14.2. The fourth-order valence-electron chi connectivity index (χ4n) is 1.65. The molecule has 0 aliphatic carbocycles. The van der Waals surface area contributed by atoms with E-state index in [1.807, 2.05) is 5.38 Å². The summed E-state index contributed by atoms with van der Waals surface area (Å²) in [6.45, 7) is 6.27. The quantitative estimate of drug-likeness (QED) is 0.887. The van der Waals surface area contributed by atoms with E-state index >= 15 is 0 Å². The van der Waals surface area contributed by atoms with Crippen molar-refractivity contribution in [1.29, 1.82) is 0 Å². The molecule has 0 aromatic carbocycles. The van der Waals surface area contributed by atoms with Crippen molar-refractivity contribution in [2.24, 2.45) is 7.05 Å². The second-order valence-corrected chi connectivity index (χ2v) is 6.37. The van der Waals surface area contributed by atoms with Gasteiger partial charge < -0.3 is 10.3 Å². The second-order valence-electron chi connectivity index (χ2n) is 5.51. The SMILES string of the molecule is Cn1cc(N)cc1C(=O)Nc1nc(C(C)(C)C)cs1. The van der Waals surface area contributed by atoms with Gasteiger partial charge in [0.25, 0.3) is 5.91 Å². The van der Waals surface area contributed by atoms with Crippen LogP contribution in [0.4, 0.5) is 10.8 Å². The van der Waals surface area contributed by atoms with Gasteiger partial charge in [0.15, 0.2) is 5.13 Å². The molecule has 2 aromatic heterocycles. The molecule has 0 fully saturated rings. The number of aryl methyl sites for hydroxylation is 1. The summed E-state index contributed by atoms with van der Waals surface area (Å²) < 4.78 is 1.70. The maximum atomic E-state index is 12.1. The van der Waals surface area contributed by atoms with E-state index in [2.05, 4.69) is 31.1 Å². The molecule has 19 heavy (non-hydrogen) atoms. The van der Waals surface area contributed by atoms with Crippen LogP contribution >= 0.6 is 11.3 Å². The lowest BCUT2D eigenvalue weighted by Crippen LogP contribution is -2.16. The summed E-state index contributed by atoms with van der Waals surface area (Å²) in [6, 6.07) is 1.65. The van der Waals surface area contributed by atoms with Crippen LogP contribution in [0.25, 0.3) is 0 Å². The molecule has 2 heterocycles. The third kappa shape index (κ3) is 2.96. The first-order valence-electron chi connectivity index (χ1n) is 5.96. The molecule has 0 bridgehead atoms. The second kappa shape index (κ2) is 4.70. The van der Waals surface area contributed by atoms with E-state index in [0.29, 0.717) is 16.5 Å². The maximum Gasteiger partial charge on any atom is 0.274 e. The largest absolute Gasteiger partial charge is 0.397 e. The number of nitrogens with zero attached hydrogens (tertiary/aromatic N) is 2. The maximum absolute atomic E-state index is 12.1. The predicted octanol–water partition coefficient (Wildman–Crippen LogP) is 2.61. The van der Waals surface area contributed by atoms with Crippen LogP contribution in [0.1, 0.15) is 37.0 Å². The van der Waals surface area contributed by atoms with Crippen LogP contribution in [0.5, 0.6) is 0 Å². The van der Waals surface area contributed by atoms with Crippen LogP contribution in [0.3, 0.4) is 0 Å². The average molecular weight is 278 g/mol. The number of aromatic nitrogens is 2. The van der Waals surface area contributed by atoms with Gasteiger partial charge in [-0.3, -0.25) is 10.1 Å². The minimum Gasteiger partial charge on any atom is -0.397 e. The van der Waals surface area contributed by atoms with E-state index in [-0.39, 0.29) is 11.3 Å². The minimum absolute atomic E-state index is 0.0190. The number of nitrogen functional groups attached to an aromatic ring is 1. The monoisotopic (exact) mass is 278 g/mol. The Balaban J connectivity index is 2.16. The fraction of sp³-hybridized carbons (Fsp3) is 0.385. The number of anilines is 2. The van der Waals surface area contributed by atoms with Crippen molar-refractivity contribution in [2.45, 2.75) is 26.2 Å². The summed E-state index contributed by atoms with van der Waals surface area (Å²) in [5.74, 6) is -0.200. The van der Waals surface area contributed by atoms with Crippen molar-refractivity contribution in [3.8, 4) is 0 Å². The number of hydrogen-bond donors (Lipinski definition) is 2. The van der Waals surface area contributed by atoms with Gasteiger partial charge in [-0.15, -0.1) is 11.3 Å².